The normalized spacial score (nSPS) is 13.9. The summed E-state index contributed by atoms with van der Waals surface area (Å²) in [7, 11) is 1.53. The van der Waals surface area contributed by atoms with Crippen LogP contribution in [-0.4, -0.2) is 44.4 Å². The first-order valence-electron chi connectivity index (χ1n) is 11.9. The van der Waals surface area contributed by atoms with Crippen molar-refractivity contribution in [1.29, 1.82) is 0 Å². The quantitative estimate of drug-likeness (QED) is 0.290. The molecule has 1 aliphatic carbocycles. The summed E-state index contributed by atoms with van der Waals surface area (Å²) in [5.74, 6) is 0.981. The average Bonchev–Trinajstić information content (AvgIpc) is 3.19. The van der Waals surface area contributed by atoms with Crippen molar-refractivity contribution in [3.63, 3.8) is 0 Å². The van der Waals surface area contributed by atoms with E-state index < -0.39 is 5.60 Å². The second-order valence-corrected chi connectivity index (χ2v) is 10.1. The lowest BCUT2D eigenvalue weighted by molar-refractivity contribution is 0.0549. The van der Waals surface area contributed by atoms with Gasteiger partial charge in [0.05, 0.1) is 7.11 Å². The maximum atomic E-state index is 13.1. The van der Waals surface area contributed by atoms with Crippen molar-refractivity contribution in [2.45, 2.75) is 51.7 Å². The summed E-state index contributed by atoms with van der Waals surface area (Å²) in [4.78, 5) is 28.3. The number of hydrogen-bond acceptors (Lipinski definition) is 6. The number of carbonyl (C=O) groups is 1. The summed E-state index contributed by atoms with van der Waals surface area (Å²) >= 11 is 6.23. The monoisotopic (exact) mass is 505 g/mol. The zero-order valence-corrected chi connectivity index (χ0v) is 21.5. The van der Waals surface area contributed by atoms with Crippen molar-refractivity contribution in [2.75, 3.05) is 12.0 Å². The van der Waals surface area contributed by atoms with Crippen molar-refractivity contribution in [3.05, 3.63) is 59.9 Å². The molecule has 1 saturated carbocycles. The van der Waals surface area contributed by atoms with Crippen molar-refractivity contribution >= 4 is 34.5 Å². The van der Waals surface area contributed by atoms with Gasteiger partial charge in [-0.3, -0.25) is 9.47 Å². The minimum atomic E-state index is -0.572. The molecule has 1 aliphatic rings. The van der Waals surface area contributed by atoms with E-state index in [9.17, 15) is 4.79 Å². The second kappa shape index (κ2) is 9.43. The van der Waals surface area contributed by atoms with Gasteiger partial charge in [0.1, 0.15) is 11.4 Å². The summed E-state index contributed by atoms with van der Waals surface area (Å²) < 4.78 is 13.1. The molecule has 0 N–H and O–H groups in total. The molecule has 0 spiro atoms. The van der Waals surface area contributed by atoms with Crippen LogP contribution in [0.25, 0.3) is 28.2 Å². The Labute approximate surface area is 214 Å². The largest absolute Gasteiger partial charge is 0.479 e. The molecule has 9 heteroatoms. The van der Waals surface area contributed by atoms with Crippen LogP contribution in [-0.2, 0) is 4.74 Å². The van der Waals surface area contributed by atoms with E-state index in [1.54, 1.807) is 4.90 Å². The van der Waals surface area contributed by atoms with Gasteiger partial charge in [0, 0.05) is 23.0 Å². The van der Waals surface area contributed by atoms with E-state index >= 15 is 0 Å². The molecule has 0 atom stereocenters. The summed E-state index contributed by atoms with van der Waals surface area (Å²) in [6.45, 7) is 5.64. The maximum Gasteiger partial charge on any atom is 0.415 e. The van der Waals surface area contributed by atoms with Gasteiger partial charge in [-0.25, -0.2) is 9.78 Å². The molecule has 0 aliphatic heterocycles. The number of benzene rings is 2. The molecule has 0 saturated heterocycles. The highest BCUT2D eigenvalue weighted by Crippen LogP contribution is 2.35. The van der Waals surface area contributed by atoms with E-state index in [2.05, 4.69) is 9.97 Å². The maximum absolute atomic E-state index is 13.1. The fraction of sp³-hybridized carbons (Fsp3) is 0.333. The molecule has 5 rings (SSSR count). The number of hydrogen-bond donors (Lipinski definition) is 0. The van der Waals surface area contributed by atoms with Crippen LogP contribution in [0, 0.1) is 0 Å². The highest BCUT2D eigenvalue weighted by molar-refractivity contribution is 6.28. The third-order valence-electron chi connectivity index (χ3n) is 6.09. The van der Waals surface area contributed by atoms with Crippen LogP contribution in [0.4, 0.5) is 10.5 Å². The standard InChI is InChI=1S/C27H28ClN5O3/c1-27(2,3)36-26(34)32(18-11-8-12-18)19-13-15-20(16-14-19)33-22(17-9-6-5-7-10-17)29-21-23(33)30-25(28)31-24(21)35-4/h5-7,9-10,13-16,18H,8,11-12H2,1-4H3. The van der Waals surface area contributed by atoms with E-state index in [0.717, 1.165) is 36.2 Å². The number of anilines is 1. The predicted octanol–water partition coefficient (Wildman–Crippen LogP) is 6.44. The Bertz CT molecular complexity index is 1390. The van der Waals surface area contributed by atoms with Gasteiger partial charge in [-0.2, -0.15) is 9.97 Å². The minimum absolute atomic E-state index is 0.0674. The van der Waals surface area contributed by atoms with Gasteiger partial charge in [-0.1, -0.05) is 30.3 Å². The number of methoxy groups -OCH3 is 1. The van der Waals surface area contributed by atoms with Gasteiger partial charge in [0.15, 0.2) is 11.2 Å². The Kier molecular flexibility index (Phi) is 6.30. The molecule has 2 heterocycles. The van der Waals surface area contributed by atoms with Gasteiger partial charge in [0.25, 0.3) is 0 Å². The summed E-state index contributed by atoms with van der Waals surface area (Å²) in [6, 6.07) is 17.7. The summed E-state index contributed by atoms with van der Waals surface area (Å²) in [6.07, 6.45) is 2.69. The molecule has 2 aromatic carbocycles. The van der Waals surface area contributed by atoms with Crippen molar-refractivity contribution in [2.24, 2.45) is 0 Å². The zero-order chi connectivity index (χ0) is 25.4. The smallest absolute Gasteiger partial charge is 0.415 e. The second-order valence-electron chi connectivity index (χ2n) is 9.76. The van der Waals surface area contributed by atoms with Gasteiger partial charge >= 0.3 is 6.09 Å². The molecule has 1 amide bonds. The topological polar surface area (TPSA) is 82.4 Å². The van der Waals surface area contributed by atoms with Gasteiger partial charge in [0.2, 0.25) is 11.2 Å². The lowest BCUT2D eigenvalue weighted by Gasteiger charge is -2.38. The molecule has 8 nitrogen and oxygen atoms in total. The Morgan fingerprint density at radius 1 is 1.03 bits per heavy atom. The lowest BCUT2D eigenvalue weighted by Crippen LogP contribution is -2.46. The Morgan fingerprint density at radius 2 is 1.72 bits per heavy atom. The summed E-state index contributed by atoms with van der Waals surface area (Å²) in [5.41, 5.74) is 2.97. The van der Waals surface area contributed by atoms with Crippen LogP contribution in [0.3, 0.4) is 0 Å². The third-order valence-corrected chi connectivity index (χ3v) is 6.26. The predicted molar refractivity (Wildman–Crippen MR) is 140 cm³/mol. The van der Waals surface area contributed by atoms with Crippen LogP contribution in [0.1, 0.15) is 40.0 Å². The van der Waals surface area contributed by atoms with E-state index in [-0.39, 0.29) is 17.4 Å². The number of halogens is 1. The molecule has 2 aromatic heterocycles. The Morgan fingerprint density at radius 3 is 2.31 bits per heavy atom. The van der Waals surface area contributed by atoms with E-state index in [0.29, 0.717) is 22.9 Å². The van der Waals surface area contributed by atoms with Crippen LogP contribution in [0.2, 0.25) is 5.28 Å². The lowest BCUT2D eigenvalue weighted by atomic mass is 9.91. The molecule has 1 fully saturated rings. The van der Waals surface area contributed by atoms with Crippen LogP contribution in [0.5, 0.6) is 5.88 Å². The highest BCUT2D eigenvalue weighted by atomic mass is 35.5. The Balaban J connectivity index is 1.61. The number of imidazole rings is 1. The molecule has 0 radical (unpaired) electrons. The first-order valence-corrected chi connectivity index (χ1v) is 12.3. The Hall–Kier alpha value is -3.65. The highest BCUT2D eigenvalue weighted by Gasteiger charge is 2.33. The van der Waals surface area contributed by atoms with Crippen LogP contribution >= 0.6 is 11.6 Å². The molecule has 0 bridgehead atoms. The fourth-order valence-electron chi connectivity index (χ4n) is 4.26. The molecule has 186 valence electrons. The minimum Gasteiger partial charge on any atom is -0.479 e. The number of carbonyl (C=O) groups excluding carboxylic acids is 1. The van der Waals surface area contributed by atoms with Crippen LogP contribution in [0.15, 0.2) is 54.6 Å². The third kappa shape index (κ3) is 4.60. The first kappa shape index (κ1) is 24.1. The number of ether oxygens (including phenoxy) is 2. The van der Waals surface area contributed by atoms with Crippen LogP contribution < -0.4 is 9.64 Å². The van der Waals surface area contributed by atoms with E-state index in [4.69, 9.17) is 26.1 Å². The fourth-order valence-corrected chi connectivity index (χ4v) is 4.42. The van der Waals surface area contributed by atoms with Crippen molar-refractivity contribution in [3.8, 4) is 23.0 Å². The van der Waals surface area contributed by atoms with E-state index in [1.165, 1.54) is 7.11 Å². The molecular weight excluding hydrogens is 478 g/mol. The number of amides is 1. The molecular formula is C27H28ClN5O3. The number of nitrogens with zero attached hydrogens (tertiary/aromatic N) is 5. The van der Waals surface area contributed by atoms with Gasteiger partial charge in [-0.15, -0.1) is 0 Å². The average molecular weight is 506 g/mol. The summed E-state index contributed by atoms with van der Waals surface area (Å²) in [5, 5.41) is 0.0674. The molecule has 36 heavy (non-hydrogen) atoms. The van der Waals surface area contributed by atoms with Crippen molar-refractivity contribution in [1.82, 2.24) is 19.5 Å². The zero-order valence-electron chi connectivity index (χ0n) is 20.7. The van der Waals surface area contributed by atoms with Crippen molar-refractivity contribution < 1.29 is 14.3 Å². The number of rotatable bonds is 5. The molecule has 4 aromatic rings. The molecule has 0 unspecified atom stereocenters. The van der Waals surface area contributed by atoms with Gasteiger partial charge < -0.3 is 9.47 Å². The van der Waals surface area contributed by atoms with E-state index in [1.807, 2.05) is 79.9 Å². The SMILES string of the molecule is COc1nc(Cl)nc2c1nc(-c1ccccc1)n2-c1ccc(N(C(=O)OC(C)(C)C)C2CCC2)cc1. The first-order chi connectivity index (χ1) is 17.2. The number of fused-ring (bicyclic) bond motifs is 1. The van der Waals surface area contributed by atoms with Gasteiger partial charge in [-0.05, 0) is 75.9 Å². The number of aromatic nitrogens is 4.